The number of ether oxygens (including phenoxy) is 5. The topological polar surface area (TPSA) is 184 Å². The van der Waals surface area contributed by atoms with Gasteiger partial charge in [0, 0.05) is 46.8 Å². The quantitative estimate of drug-likeness (QED) is 0.0851. The minimum Gasteiger partial charge on any atom is -0.454 e. The molecular formula is C51H62N6O8. The molecular weight excluding hydrogens is 825 g/mol. The number of nitrogens with one attached hydrogen (secondary N) is 5. The van der Waals surface area contributed by atoms with Crippen LogP contribution in [-0.4, -0.2) is 62.3 Å². The SMILES string of the molecule is CC(C)(C)OC(=O)NCC(C)(C)[C@@H]1Cc2cc(NC(=O)C3(c4ccc5c(c4)OCO5)CC3)ccc2N1.CC(C)(CN)[C@@H]1Cc2cc(NC(=O)C3(c4ccc5c(c4)OCO5)CC3)ccc2N1. The van der Waals surface area contributed by atoms with Gasteiger partial charge in [0.05, 0.1) is 10.8 Å². The number of hydrogen-bond donors (Lipinski definition) is 6. The van der Waals surface area contributed by atoms with Crippen molar-refractivity contribution in [3.63, 3.8) is 0 Å². The van der Waals surface area contributed by atoms with Crippen molar-refractivity contribution in [1.82, 2.24) is 5.32 Å². The molecule has 4 aromatic carbocycles. The summed E-state index contributed by atoms with van der Waals surface area (Å²) < 4.78 is 27.2. The van der Waals surface area contributed by atoms with Crippen LogP contribution in [0, 0.1) is 10.8 Å². The van der Waals surface area contributed by atoms with E-state index in [2.05, 4.69) is 66.4 Å². The summed E-state index contributed by atoms with van der Waals surface area (Å²) in [6, 6.07) is 24.1. The summed E-state index contributed by atoms with van der Waals surface area (Å²) in [4.78, 5) is 38.6. The van der Waals surface area contributed by atoms with Crippen LogP contribution in [0.4, 0.5) is 27.5 Å². The van der Waals surface area contributed by atoms with Crippen LogP contribution < -0.4 is 51.3 Å². The summed E-state index contributed by atoms with van der Waals surface area (Å²) in [6.45, 7) is 15.7. The van der Waals surface area contributed by atoms with Gasteiger partial charge in [-0.05, 0) is 154 Å². The number of fused-ring (bicyclic) bond motifs is 4. The highest BCUT2D eigenvalue weighted by molar-refractivity contribution is 6.02. The third-order valence-corrected chi connectivity index (χ3v) is 14.0. The predicted molar refractivity (Wildman–Crippen MR) is 250 cm³/mol. The van der Waals surface area contributed by atoms with Crippen LogP contribution >= 0.6 is 0 Å². The first-order valence-corrected chi connectivity index (χ1v) is 22.8. The van der Waals surface area contributed by atoms with Crippen LogP contribution in [0.5, 0.6) is 23.0 Å². The van der Waals surface area contributed by atoms with E-state index >= 15 is 0 Å². The van der Waals surface area contributed by atoms with Crippen molar-refractivity contribution in [2.45, 2.75) is 116 Å². The number of anilines is 4. The number of rotatable bonds is 11. The van der Waals surface area contributed by atoms with E-state index in [9.17, 15) is 14.4 Å². The minimum absolute atomic E-state index is 0.00529. The van der Waals surface area contributed by atoms with Crippen molar-refractivity contribution in [3.05, 3.63) is 95.1 Å². The molecule has 4 aliphatic heterocycles. The normalized spacial score (nSPS) is 19.9. The summed E-state index contributed by atoms with van der Waals surface area (Å²) >= 11 is 0. The lowest BCUT2D eigenvalue weighted by atomic mass is 9.83. The Balaban J connectivity index is 0.000000168. The Kier molecular flexibility index (Phi) is 11.1. The Morgan fingerprint density at radius 1 is 0.631 bits per heavy atom. The predicted octanol–water partition coefficient (Wildman–Crippen LogP) is 8.38. The van der Waals surface area contributed by atoms with Crippen LogP contribution in [0.3, 0.4) is 0 Å². The molecule has 6 aliphatic rings. The van der Waals surface area contributed by atoms with Crippen molar-refractivity contribution < 1.29 is 38.1 Å². The third-order valence-electron chi connectivity index (χ3n) is 14.0. The highest BCUT2D eigenvalue weighted by Crippen LogP contribution is 2.52. The first kappa shape index (κ1) is 44.1. The smallest absolute Gasteiger partial charge is 0.407 e. The van der Waals surface area contributed by atoms with Crippen LogP contribution in [0.25, 0.3) is 0 Å². The summed E-state index contributed by atoms with van der Waals surface area (Å²) in [5.41, 5.74) is 12.4. The van der Waals surface area contributed by atoms with Gasteiger partial charge in [0.1, 0.15) is 5.60 Å². The van der Waals surface area contributed by atoms with Crippen LogP contribution in [0.2, 0.25) is 0 Å². The molecule has 0 spiro atoms. The van der Waals surface area contributed by atoms with Gasteiger partial charge in [0.25, 0.3) is 0 Å². The van der Waals surface area contributed by atoms with Gasteiger partial charge in [0.15, 0.2) is 23.0 Å². The van der Waals surface area contributed by atoms with E-state index in [1.165, 1.54) is 5.56 Å². The number of amides is 3. The molecule has 14 heteroatoms. The Morgan fingerprint density at radius 3 is 1.51 bits per heavy atom. The molecule has 14 nitrogen and oxygen atoms in total. The Labute approximate surface area is 381 Å². The number of alkyl carbamates (subject to hydrolysis) is 1. The molecule has 0 bridgehead atoms. The number of nitrogens with two attached hydrogens (primary N) is 1. The van der Waals surface area contributed by atoms with E-state index in [1.807, 2.05) is 81.4 Å². The maximum Gasteiger partial charge on any atom is 0.407 e. The summed E-state index contributed by atoms with van der Waals surface area (Å²) in [5, 5.41) is 16.4. The molecule has 4 heterocycles. The lowest BCUT2D eigenvalue weighted by Crippen LogP contribution is -2.45. The molecule has 0 aromatic heterocycles. The average Bonchev–Trinajstić information content (AvgIpc) is 3.96. The van der Waals surface area contributed by atoms with Gasteiger partial charge in [-0.3, -0.25) is 9.59 Å². The Bertz CT molecular complexity index is 2520. The van der Waals surface area contributed by atoms with Gasteiger partial charge in [-0.1, -0.05) is 39.8 Å². The minimum atomic E-state index is -0.529. The monoisotopic (exact) mass is 886 g/mol. The van der Waals surface area contributed by atoms with Crippen molar-refractivity contribution >= 4 is 40.7 Å². The number of benzene rings is 4. The zero-order valence-electron chi connectivity index (χ0n) is 38.5. The lowest BCUT2D eigenvalue weighted by Gasteiger charge is -2.32. The maximum atomic E-state index is 13.3. The number of carbonyl (C=O) groups is 3. The van der Waals surface area contributed by atoms with Gasteiger partial charge >= 0.3 is 6.09 Å². The second-order valence-electron chi connectivity index (χ2n) is 20.8. The number of carbonyl (C=O) groups excluding carboxylic acids is 3. The Morgan fingerprint density at radius 2 is 1.08 bits per heavy atom. The van der Waals surface area contributed by atoms with Gasteiger partial charge in [-0.25, -0.2) is 4.79 Å². The van der Waals surface area contributed by atoms with E-state index in [1.54, 1.807) is 0 Å². The van der Waals surface area contributed by atoms with E-state index in [0.29, 0.717) is 24.9 Å². The second-order valence-corrected chi connectivity index (χ2v) is 20.8. The summed E-state index contributed by atoms with van der Waals surface area (Å²) in [6.07, 6.45) is 4.62. The molecule has 3 amide bonds. The molecule has 0 radical (unpaired) electrons. The fraction of sp³-hybridized carbons (Fsp3) is 0.471. The van der Waals surface area contributed by atoms with Crippen molar-refractivity contribution in [2.75, 3.05) is 47.9 Å². The Hall–Kier alpha value is -6.15. The largest absolute Gasteiger partial charge is 0.454 e. The molecule has 4 aromatic rings. The van der Waals surface area contributed by atoms with Crippen molar-refractivity contribution in [2.24, 2.45) is 16.6 Å². The molecule has 2 aliphatic carbocycles. The lowest BCUT2D eigenvalue weighted by molar-refractivity contribution is -0.119. The third kappa shape index (κ3) is 8.97. The molecule has 344 valence electrons. The molecule has 2 atom stereocenters. The van der Waals surface area contributed by atoms with Gasteiger partial charge in [-0.15, -0.1) is 0 Å². The van der Waals surface area contributed by atoms with E-state index in [4.69, 9.17) is 29.4 Å². The van der Waals surface area contributed by atoms with E-state index < -0.39 is 22.5 Å². The van der Waals surface area contributed by atoms with Crippen LogP contribution in [0.15, 0.2) is 72.8 Å². The first-order chi connectivity index (χ1) is 30.9. The average molecular weight is 887 g/mol. The van der Waals surface area contributed by atoms with E-state index in [-0.39, 0.29) is 42.3 Å². The molecule has 7 N–H and O–H groups in total. The molecule has 2 saturated carbocycles. The number of hydrogen-bond acceptors (Lipinski definition) is 11. The second kappa shape index (κ2) is 16.4. The van der Waals surface area contributed by atoms with Crippen LogP contribution in [-0.2, 0) is 38.0 Å². The molecule has 0 unspecified atom stereocenters. The maximum absolute atomic E-state index is 13.3. The zero-order chi connectivity index (χ0) is 45.9. The summed E-state index contributed by atoms with van der Waals surface area (Å²) in [5.74, 6) is 2.93. The van der Waals surface area contributed by atoms with Gasteiger partial charge in [0.2, 0.25) is 25.4 Å². The van der Waals surface area contributed by atoms with Crippen molar-refractivity contribution in [1.29, 1.82) is 0 Å². The highest BCUT2D eigenvalue weighted by atomic mass is 16.7. The molecule has 10 rings (SSSR count). The first-order valence-electron chi connectivity index (χ1n) is 22.8. The zero-order valence-corrected chi connectivity index (χ0v) is 38.5. The van der Waals surface area contributed by atoms with Crippen LogP contribution in [0.1, 0.15) is 96.4 Å². The fourth-order valence-electron chi connectivity index (χ4n) is 9.14. The molecule has 2 fully saturated rings. The fourth-order valence-corrected chi connectivity index (χ4v) is 9.14. The standard InChI is InChI=1S/C28H35N3O5.C23H27N3O3/c1-26(2,3)36-25(33)29-15-27(4,5)23-13-17-12-19(7-8-20(17)31-23)30-24(32)28(10-11-28)18-6-9-21-22(14-18)35-16-34-21;1-22(2,12-24)20-10-14-9-16(4-5-17(14)26-20)25-21(27)23(7-8-23)15-3-6-18-19(11-15)29-13-28-18/h6-9,12,14,23,31H,10-11,13,15-16H2,1-5H3,(H,29,33)(H,30,32);3-6,9,11,20,26H,7-8,10,12-13,24H2,1-2H3,(H,25,27)/t23-;20-/m00/s1. The highest BCUT2D eigenvalue weighted by Gasteiger charge is 2.53. The van der Waals surface area contributed by atoms with Gasteiger partial charge in [-0.2, -0.15) is 0 Å². The molecule has 65 heavy (non-hydrogen) atoms. The molecule has 0 saturated heterocycles. The van der Waals surface area contributed by atoms with E-state index in [0.717, 1.165) is 95.2 Å². The summed E-state index contributed by atoms with van der Waals surface area (Å²) in [7, 11) is 0. The van der Waals surface area contributed by atoms with Gasteiger partial charge < -0.3 is 56.0 Å². The van der Waals surface area contributed by atoms with Crippen molar-refractivity contribution in [3.8, 4) is 23.0 Å².